The van der Waals surface area contributed by atoms with Gasteiger partial charge in [0.05, 0.1) is 4.90 Å². The molecule has 0 amide bonds. The summed E-state index contributed by atoms with van der Waals surface area (Å²) in [6.45, 7) is 1.03. The highest BCUT2D eigenvalue weighted by Gasteiger charge is 2.18. The fourth-order valence-electron chi connectivity index (χ4n) is 2.35. The van der Waals surface area contributed by atoms with Crippen LogP contribution in [-0.4, -0.2) is 15.0 Å². The van der Waals surface area contributed by atoms with E-state index in [9.17, 15) is 8.42 Å². The van der Waals surface area contributed by atoms with Crippen molar-refractivity contribution in [3.63, 3.8) is 0 Å². The van der Waals surface area contributed by atoms with E-state index in [-0.39, 0.29) is 11.4 Å². The summed E-state index contributed by atoms with van der Waals surface area (Å²) in [5, 5.41) is 3.77. The highest BCUT2D eigenvalue weighted by Crippen LogP contribution is 2.25. The molecule has 1 aliphatic rings. The summed E-state index contributed by atoms with van der Waals surface area (Å²) >= 11 is 6.03. The minimum atomic E-state index is -3.53. The van der Waals surface area contributed by atoms with E-state index in [0.29, 0.717) is 5.02 Å². The summed E-state index contributed by atoms with van der Waals surface area (Å²) < 4.78 is 27.3. The molecule has 0 atom stereocenters. The second-order valence-corrected chi connectivity index (χ2v) is 7.09. The van der Waals surface area contributed by atoms with Gasteiger partial charge in [0.15, 0.2) is 0 Å². The molecule has 21 heavy (non-hydrogen) atoms. The van der Waals surface area contributed by atoms with Gasteiger partial charge in [0.25, 0.3) is 0 Å². The van der Waals surface area contributed by atoms with E-state index < -0.39 is 10.0 Å². The third-order valence-electron chi connectivity index (χ3n) is 3.51. The lowest BCUT2D eigenvalue weighted by molar-refractivity contribution is 0.581. The van der Waals surface area contributed by atoms with Crippen molar-refractivity contribution in [2.24, 2.45) is 0 Å². The Kier molecular flexibility index (Phi) is 3.89. The van der Waals surface area contributed by atoms with Gasteiger partial charge < -0.3 is 5.32 Å². The summed E-state index contributed by atoms with van der Waals surface area (Å²) in [5.74, 6) is 0. The molecular formula is C15H15ClN2O2S. The maximum Gasteiger partial charge on any atom is 0.240 e. The molecule has 0 spiro atoms. The molecule has 2 aromatic carbocycles. The molecule has 3 rings (SSSR count). The summed E-state index contributed by atoms with van der Waals surface area (Å²) in [4.78, 5) is 0.289. The molecule has 6 heteroatoms. The largest absolute Gasteiger partial charge is 0.384 e. The van der Waals surface area contributed by atoms with Gasteiger partial charge in [0, 0.05) is 23.8 Å². The average molecular weight is 323 g/mol. The molecular weight excluding hydrogens is 308 g/mol. The number of anilines is 1. The molecule has 2 aromatic rings. The van der Waals surface area contributed by atoms with Crippen LogP contribution in [-0.2, 0) is 23.0 Å². The van der Waals surface area contributed by atoms with Crippen molar-refractivity contribution in [1.29, 1.82) is 0 Å². The van der Waals surface area contributed by atoms with Crippen LogP contribution in [0.5, 0.6) is 0 Å². The topological polar surface area (TPSA) is 58.2 Å². The van der Waals surface area contributed by atoms with Gasteiger partial charge in [-0.2, -0.15) is 0 Å². The van der Waals surface area contributed by atoms with E-state index in [1.807, 2.05) is 18.2 Å². The van der Waals surface area contributed by atoms with Gasteiger partial charge in [0.2, 0.25) is 10.0 Å². The maximum atomic E-state index is 12.3. The Labute approximate surface area is 129 Å². The number of nitrogens with one attached hydrogen (secondary N) is 2. The first-order valence-electron chi connectivity index (χ1n) is 6.66. The lowest BCUT2D eigenvalue weighted by atomic mass is 10.2. The Morgan fingerprint density at radius 2 is 2.00 bits per heavy atom. The number of benzene rings is 2. The molecule has 0 radical (unpaired) electrons. The second kappa shape index (κ2) is 5.67. The van der Waals surface area contributed by atoms with E-state index in [4.69, 9.17) is 11.6 Å². The van der Waals surface area contributed by atoms with Crippen LogP contribution in [0.25, 0.3) is 0 Å². The van der Waals surface area contributed by atoms with Crippen molar-refractivity contribution in [2.45, 2.75) is 17.9 Å². The number of halogens is 1. The molecule has 0 bridgehead atoms. The van der Waals surface area contributed by atoms with Gasteiger partial charge in [-0.05, 0) is 41.8 Å². The van der Waals surface area contributed by atoms with Crippen molar-refractivity contribution in [1.82, 2.24) is 4.72 Å². The molecule has 0 aliphatic carbocycles. The molecule has 1 heterocycles. The zero-order chi connectivity index (χ0) is 14.9. The van der Waals surface area contributed by atoms with Crippen LogP contribution in [0.2, 0.25) is 5.02 Å². The van der Waals surface area contributed by atoms with Gasteiger partial charge in [-0.1, -0.05) is 29.8 Å². The lowest BCUT2D eigenvalue weighted by Gasteiger charge is -2.09. The minimum Gasteiger partial charge on any atom is -0.384 e. The van der Waals surface area contributed by atoms with Crippen LogP contribution in [0, 0.1) is 0 Å². The van der Waals surface area contributed by atoms with Crippen LogP contribution < -0.4 is 10.0 Å². The van der Waals surface area contributed by atoms with Gasteiger partial charge >= 0.3 is 0 Å². The summed E-state index contributed by atoms with van der Waals surface area (Å²) in [7, 11) is -3.53. The number of hydrogen-bond acceptors (Lipinski definition) is 3. The van der Waals surface area contributed by atoms with E-state index >= 15 is 0 Å². The SMILES string of the molecule is O=S(=O)(NCc1ccccc1Cl)c1ccc2c(c1)CCN2. The predicted molar refractivity (Wildman–Crippen MR) is 84.1 cm³/mol. The standard InChI is InChI=1S/C15H15ClN2O2S/c16-14-4-2-1-3-12(14)10-18-21(19,20)13-5-6-15-11(9-13)7-8-17-15/h1-6,9,17-18H,7-8,10H2. The maximum absolute atomic E-state index is 12.3. The van der Waals surface area contributed by atoms with Gasteiger partial charge in [-0.15, -0.1) is 0 Å². The summed E-state index contributed by atoms with van der Waals surface area (Å²) in [6.07, 6.45) is 0.850. The monoisotopic (exact) mass is 322 g/mol. The number of sulfonamides is 1. The fraction of sp³-hybridized carbons (Fsp3) is 0.200. The van der Waals surface area contributed by atoms with Crippen LogP contribution >= 0.6 is 11.6 Å². The second-order valence-electron chi connectivity index (χ2n) is 4.91. The smallest absolute Gasteiger partial charge is 0.240 e. The van der Waals surface area contributed by atoms with E-state index in [1.54, 1.807) is 24.3 Å². The Morgan fingerprint density at radius 3 is 2.81 bits per heavy atom. The Balaban J connectivity index is 1.80. The van der Waals surface area contributed by atoms with Crippen LogP contribution in [0.15, 0.2) is 47.4 Å². The molecule has 0 unspecified atom stereocenters. The first-order chi connectivity index (χ1) is 10.1. The molecule has 110 valence electrons. The van der Waals surface area contributed by atoms with Gasteiger partial charge in [0.1, 0.15) is 0 Å². The summed E-state index contributed by atoms with van der Waals surface area (Å²) in [6, 6.07) is 12.3. The Bertz CT molecular complexity index is 775. The minimum absolute atomic E-state index is 0.178. The van der Waals surface area contributed by atoms with Crippen LogP contribution in [0.3, 0.4) is 0 Å². The summed E-state index contributed by atoms with van der Waals surface area (Å²) in [5.41, 5.74) is 2.81. The highest BCUT2D eigenvalue weighted by atomic mass is 35.5. The Hall–Kier alpha value is -1.56. The average Bonchev–Trinajstić information content (AvgIpc) is 2.94. The van der Waals surface area contributed by atoms with E-state index in [1.165, 1.54) is 0 Å². The van der Waals surface area contributed by atoms with E-state index in [0.717, 1.165) is 29.8 Å². The van der Waals surface area contributed by atoms with Gasteiger partial charge in [-0.25, -0.2) is 13.1 Å². The van der Waals surface area contributed by atoms with Gasteiger partial charge in [-0.3, -0.25) is 0 Å². The molecule has 2 N–H and O–H groups in total. The molecule has 0 saturated heterocycles. The molecule has 0 aromatic heterocycles. The first kappa shape index (κ1) is 14.4. The van der Waals surface area contributed by atoms with Crippen molar-refractivity contribution < 1.29 is 8.42 Å². The van der Waals surface area contributed by atoms with Crippen LogP contribution in [0.4, 0.5) is 5.69 Å². The first-order valence-corrected chi connectivity index (χ1v) is 8.52. The van der Waals surface area contributed by atoms with Crippen molar-refractivity contribution in [3.8, 4) is 0 Å². The normalized spacial score (nSPS) is 13.8. The fourth-order valence-corrected chi connectivity index (χ4v) is 3.61. The molecule has 0 saturated carbocycles. The quantitative estimate of drug-likeness (QED) is 0.910. The zero-order valence-electron chi connectivity index (χ0n) is 11.3. The third kappa shape index (κ3) is 3.05. The third-order valence-corrected chi connectivity index (χ3v) is 5.27. The van der Waals surface area contributed by atoms with Crippen molar-refractivity contribution >= 4 is 27.3 Å². The highest BCUT2D eigenvalue weighted by molar-refractivity contribution is 7.89. The zero-order valence-corrected chi connectivity index (χ0v) is 12.8. The molecule has 0 fully saturated rings. The van der Waals surface area contributed by atoms with Crippen molar-refractivity contribution in [3.05, 3.63) is 58.6 Å². The predicted octanol–water partition coefficient (Wildman–Crippen LogP) is 2.79. The Morgan fingerprint density at radius 1 is 1.19 bits per heavy atom. The number of fused-ring (bicyclic) bond motifs is 1. The van der Waals surface area contributed by atoms with E-state index in [2.05, 4.69) is 10.0 Å². The number of hydrogen-bond donors (Lipinski definition) is 2. The molecule has 4 nitrogen and oxygen atoms in total. The number of rotatable bonds is 4. The van der Waals surface area contributed by atoms with Crippen molar-refractivity contribution in [2.75, 3.05) is 11.9 Å². The van der Waals surface area contributed by atoms with Crippen LogP contribution in [0.1, 0.15) is 11.1 Å². The molecule has 1 aliphatic heterocycles. The lowest BCUT2D eigenvalue weighted by Crippen LogP contribution is -2.23.